The Kier molecular flexibility index (Phi) is 7.27. The van der Waals surface area contributed by atoms with Crippen molar-refractivity contribution in [1.29, 1.82) is 0 Å². The number of rotatable bonds is 9. The van der Waals surface area contributed by atoms with Crippen molar-refractivity contribution in [2.75, 3.05) is 26.0 Å². The molecule has 0 aliphatic carbocycles. The molecule has 0 aliphatic rings. The van der Waals surface area contributed by atoms with Gasteiger partial charge in [0.2, 0.25) is 10.0 Å². The van der Waals surface area contributed by atoms with Crippen molar-refractivity contribution in [1.82, 2.24) is 4.72 Å². The third-order valence-electron chi connectivity index (χ3n) is 2.15. The topological polar surface area (TPSA) is 92.7 Å². The lowest BCUT2D eigenvalue weighted by Gasteiger charge is -2.11. The van der Waals surface area contributed by atoms with Gasteiger partial charge in [0, 0.05) is 20.3 Å². The van der Waals surface area contributed by atoms with Crippen LogP contribution < -0.4 is 4.72 Å². The molecule has 6 nitrogen and oxygen atoms in total. The molecule has 0 fully saturated rings. The number of ether oxygens (including phenoxy) is 1. The molecular weight excluding hydrogens is 234 g/mol. The van der Waals surface area contributed by atoms with E-state index in [1.807, 2.05) is 0 Å². The molecule has 1 unspecified atom stereocenters. The van der Waals surface area contributed by atoms with Gasteiger partial charge >= 0.3 is 5.97 Å². The Morgan fingerprint density at radius 3 is 2.56 bits per heavy atom. The smallest absolute Gasteiger partial charge is 0.307 e. The highest BCUT2D eigenvalue weighted by atomic mass is 32.2. The highest BCUT2D eigenvalue weighted by Crippen LogP contribution is 2.02. The third kappa shape index (κ3) is 6.76. The summed E-state index contributed by atoms with van der Waals surface area (Å²) < 4.78 is 29.8. The molecule has 0 amide bonds. The summed E-state index contributed by atoms with van der Waals surface area (Å²) in [6.45, 7) is 2.02. The molecule has 96 valence electrons. The molecule has 16 heavy (non-hydrogen) atoms. The molecule has 0 aromatic carbocycles. The predicted octanol–water partition coefficient (Wildman–Crippen LogP) is 0.0531. The first-order valence-corrected chi connectivity index (χ1v) is 6.77. The Morgan fingerprint density at radius 2 is 2.12 bits per heavy atom. The van der Waals surface area contributed by atoms with Crippen molar-refractivity contribution in [3.05, 3.63) is 0 Å². The average Bonchev–Trinajstić information content (AvgIpc) is 2.18. The summed E-state index contributed by atoms with van der Waals surface area (Å²) in [5, 5.41) is 8.73. The SMILES string of the molecule is CCC(CNS(=O)(=O)CCCOC)C(=O)O. The summed E-state index contributed by atoms with van der Waals surface area (Å²) in [7, 11) is -1.89. The van der Waals surface area contributed by atoms with Crippen LogP contribution in [0.25, 0.3) is 0 Å². The van der Waals surface area contributed by atoms with E-state index in [4.69, 9.17) is 9.84 Å². The monoisotopic (exact) mass is 253 g/mol. The average molecular weight is 253 g/mol. The minimum absolute atomic E-state index is 0.0447. The number of carboxylic acid groups (broad SMARTS) is 1. The Bertz CT molecular complexity index is 301. The first-order valence-electron chi connectivity index (χ1n) is 5.12. The molecule has 0 radical (unpaired) electrons. The molecule has 0 aliphatic heterocycles. The molecule has 0 saturated carbocycles. The highest BCUT2D eigenvalue weighted by Gasteiger charge is 2.18. The fraction of sp³-hybridized carbons (Fsp3) is 0.889. The van der Waals surface area contributed by atoms with Crippen LogP contribution in [0.4, 0.5) is 0 Å². The summed E-state index contributed by atoms with van der Waals surface area (Å²) in [6, 6.07) is 0. The zero-order valence-electron chi connectivity index (χ0n) is 9.60. The summed E-state index contributed by atoms with van der Waals surface area (Å²) >= 11 is 0. The van der Waals surface area contributed by atoms with Crippen molar-refractivity contribution >= 4 is 16.0 Å². The molecule has 7 heteroatoms. The van der Waals surface area contributed by atoms with Crippen LogP contribution in [0.1, 0.15) is 19.8 Å². The normalized spacial score (nSPS) is 13.6. The predicted molar refractivity (Wildman–Crippen MR) is 59.7 cm³/mol. The number of hydrogen-bond acceptors (Lipinski definition) is 4. The van der Waals surface area contributed by atoms with Crippen LogP contribution in [0.3, 0.4) is 0 Å². The second-order valence-electron chi connectivity index (χ2n) is 3.46. The fourth-order valence-corrected chi connectivity index (χ4v) is 2.20. The van der Waals surface area contributed by atoms with Gasteiger partial charge in [-0.15, -0.1) is 0 Å². The standard InChI is InChI=1S/C9H19NO5S/c1-3-8(9(11)12)7-10-16(13,14)6-4-5-15-2/h8,10H,3-7H2,1-2H3,(H,11,12). The van der Waals surface area contributed by atoms with Crippen molar-refractivity contribution in [2.24, 2.45) is 5.92 Å². The van der Waals surface area contributed by atoms with Gasteiger partial charge in [-0.1, -0.05) is 6.92 Å². The van der Waals surface area contributed by atoms with Crippen LogP contribution in [0.2, 0.25) is 0 Å². The first kappa shape index (κ1) is 15.3. The largest absolute Gasteiger partial charge is 0.481 e. The van der Waals surface area contributed by atoms with Crippen LogP contribution in [-0.2, 0) is 19.6 Å². The lowest BCUT2D eigenvalue weighted by atomic mass is 10.1. The Balaban J connectivity index is 4.02. The molecular formula is C9H19NO5S. The minimum atomic E-state index is -3.39. The molecule has 0 aromatic heterocycles. The number of nitrogens with one attached hydrogen (secondary N) is 1. The van der Waals surface area contributed by atoms with Crippen molar-refractivity contribution in [3.8, 4) is 0 Å². The Morgan fingerprint density at radius 1 is 1.50 bits per heavy atom. The van der Waals surface area contributed by atoms with E-state index in [0.29, 0.717) is 19.4 Å². The van der Waals surface area contributed by atoms with Gasteiger partial charge in [0.05, 0.1) is 11.7 Å². The van der Waals surface area contributed by atoms with E-state index in [9.17, 15) is 13.2 Å². The van der Waals surface area contributed by atoms with Gasteiger partial charge in [-0.2, -0.15) is 0 Å². The fourth-order valence-electron chi connectivity index (χ4n) is 1.10. The molecule has 0 aromatic rings. The first-order chi connectivity index (χ1) is 7.43. The molecule has 0 saturated heterocycles. The molecule has 0 rings (SSSR count). The van der Waals surface area contributed by atoms with Gasteiger partial charge in [0.15, 0.2) is 0 Å². The van der Waals surface area contributed by atoms with Crippen LogP contribution in [0.5, 0.6) is 0 Å². The second-order valence-corrected chi connectivity index (χ2v) is 5.38. The molecule has 0 heterocycles. The van der Waals surface area contributed by atoms with Crippen molar-refractivity contribution < 1.29 is 23.1 Å². The van der Waals surface area contributed by atoms with Gasteiger partial charge in [0.25, 0.3) is 0 Å². The number of carbonyl (C=O) groups is 1. The van der Waals surface area contributed by atoms with Crippen LogP contribution in [0.15, 0.2) is 0 Å². The Hall–Kier alpha value is -0.660. The summed E-state index contributed by atoms with van der Waals surface area (Å²) in [4.78, 5) is 10.7. The zero-order valence-corrected chi connectivity index (χ0v) is 10.4. The molecule has 2 N–H and O–H groups in total. The van der Waals surface area contributed by atoms with Gasteiger partial charge in [0.1, 0.15) is 0 Å². The lowest BCUT2D eigenvalue weighted by Crippen LogP contribution is -2.34. The maximum atomic E-state index is 11.4. The minimum Gasteiger partial charge on any atom is -0.481 e. The summed E-state index contributed by atoms with van der Waals surface area (Å²) in [5.74, 6) is -1.70. The van der Waals surface area contributed by atoms with E-state index in [0.717, 1.165) is 0 Å². The van der Waals surface area contributed by atoms with Gasteiger partial charge in [-0.3, -0.25) is 4.79 Å². The van der Waals surface area contributed by atoms with Crippen molar-refractivity contribution in [2.45, 2.75) is 19.8 Å². The number of aliphatic carboxylic acids is 1. The third-order valence-corrected chi connectivity index (χ3v) is 3.59. The second kappa shape index (κ2) is 7.59. The molecule has 1 atom stereocenters. The van der Waals surface area contributed by atoms with E-state index in [1.165, 1.54) is 7.11 Å². The van der Waals surface area contributed by atoms with E-state index >= 15 is 0 Å². The quantitative estimate of drug-likeness (QED) is 0.566. The maximum Gasteiger partial charge on any atom is 0.307 e. The van der Waals surface area contributed by atoms with Crippen molar-refractivity contribution in [3.63, 3.8) is 0 Å². The number of hydrogen-bond donors (Lipinski definition) is 2. The van der Waals surface area contributed by atoms with E-state index < -0.39 is 21.9 Å². The van der Waals surface area contributed by atoms with Gasteiger partial charge in [-0.05, 0) is 12.8 Å². The Labute approximate surface area is 96.0 Å². The van der Waals surface area contributed by atoms with Crippen LogP contribution in [-0.4, -0.2) is 45.5 Å². The van der Waals surface area contributed by atoms with Crippen LogP contribution in [0, 0.1) is 5.92 Å². The van der Waals surface area contributed by atoms with Gasteiger partial charge < -0.3 is 9.84 Å². The van der Waals surface area contributed by atoms with E-state index in [2.05, 4.69) is 4.72 Å². The van der Waals surface area contributed by atoms with E-state index in [-0.39, 0.29) is 12.3 Å². The zero-order chi connectivity index (χ0) is 12.6. The lowest BCUT2D eigenvalue weighted by molar-refractivity contribution is -0.141. The number of sulfonamides is 1. The molecule has 0 bridgehead atoms. The number of carboxylic acids is 1. The maximum absolute atomic E-state index is 11.4. The number of methoxy groups -OCH3 is 1. The van der Waals surface area contributed by atoms with E-state index in [1.54, 1.807) is 6.92 Å². The summed E-state index contributed by atoms with van der Waals surface area (Å²) in [6.07, 6.45) is 0.797. The van der Waals surface area contributed by atoms with Gasteiger partial charge in [-0.25, -0.2) is 13.1 Å². The van der Waals surface area contributed by atoms with Crippen LogP contribution >= 0.6 is 0 Å². The summed E-state index contributed by atoms with van der Waals surface area (Å²) in [5.41, 5.74) is 0. The molecule has 0 spiro atoms. The highest BCUT2D eigenvalue weighted by molar-refractivity contribution is 7.89.